The summed E-state index contributed by atoms with van der Waals surface area (Å²) >= 11 is 0. The summed E-state index contributed by atoms with van der Waals surface area (Å²) in [6.45, 7) is 0.969. The van der Waals surface area contributed by atoms with Gasteiger partial charge in [0.25, 0.3) is 5.91 Å². The van der Waals surface area contributed by atoms with Crippen molar-refractivity contribution in [1.82, 2.24) is 0 Å². The lowest BCUT2D eigenvalue weighted by molar-refractivity contribution is 0.102. The predicted octanol–water partition coefficient (Wildman–Crippen LogP) is 2.65. The molecule has 22 heavy (non-hydrogen) atoms. The normalized spacial score (nSPS) is 12.9. The number of fused-ring (bicyclic) bond motifs is 1. The maximum absolute atomic E-state index is 12.4. The van der Waals surface area contributed by atoms with Crippen molar-refractivity contribution < 1.29 is 14.6 Å². The summed E-state index contributed by atoms with van der Waals surface area (Å²) in [5, 5.41) is 12.6. The maximum atomic E-state index is 12.4. The van der Waals surface area contributed by atoms with Crippen LogP contribution in [0, 0.1) is 0 Å². The molecule has 2 aromatic carbocycles. The third-order valence-electron chi connectivity index (χ3n) is 3.93. The minimum absolute atomic E-state index is 0.00688. The van der Waals surface area contributed by atoms with Crippen LogP contribution in [0.4, 0.5) is 11.4 Å². The SMILES string of the molecule is COc1ccc(O)c(NC(=O)c2ccc3c(c2)N(C)CC3)c1. The molecule has 5 nitrogen and oxygen atoms in total. The van der Waals surface area contributed by atoms with Gasteiger partial charge in [-0.1, -0.05) is 6.07 Å². The molecule has 114 valence electrons. The number of carbonyl (C=O) groups is 1. The molecule has 2 aromatic rings. The number of ether oxygens (including phenoxy) is 1. The molecule has 0 atom stereocenters. The van der Waals surface area contributed by atoms with E-state index >= 15 is 0 Å². The number of rotatable bonds is 3. The number of hydrogen-bond acceptors (Lipinski definition) is 4. The quantitative estimate of drug-likeness (QED) is 0.855. The highest BCUT2D eigenvalue weighted by Gasteiger charge is 2.18. The Hall–Kier alpha value is -2.69. The zero-order valence-corrected chi connectivity index (χ0v) is 12.6. The van der Waals surface area contributed by atoms with Crippen molar-refractivity contribution in [1.29, 1.82) is 0 Å². The molecule has 0 saturated carbocycles. The van der Waals surface area contributed by atoms with E-state index in [0.29, 0.717) is 17.0 Å². The van der Waals surface area contributed by atoms with Gasteiger partial charge >= 0.3 is 0 Å². The fourth-order valence-corrected chi connectivity index (χ4v) is 2.62. The van der Waals surface area contributed by atoms with Crippen molar-refractivity contribution in [2.24, 2.45) is 0 Å². The first-order valence-electron chi connectivity index (χ1n) is 7.11. The van der Waals surface area contributed by atoms with Crippen LogP contribution >= 0.6 is 0 Å². The van der Waals surface area contributed by atoms with Crippen LogP contribution in [0.2, 0.25) is 0 Å². The first-order valence-corrected chi connectivity index (χ1v) is 7.11. The van der Waals surface area contributed by atoms with Crippen molar-refractivity contribution in [3.63, 3.8) is 0 Å². The monoisotopic (exact) mass is 298 g/mol. The lowest BCUT2D eigenvalue weighted by Gasteiger charge is -2.13. The van der Waals surface area contributed by atoms with Crippen molar-refractivity contribution in [2.45, 2.75) is 6.42 Å². The summed E-state index contributed by atoms with van der Waals surface area (Å²) in [5.74, 6) is 0.320. The maximum Gasteiger partial charge on any atom is 0.255 e. The number of amides is 1. The van der Waals surface area contributed by atoms with Gasteiger partial charge < -0.3 is 20.1 Å². The van der Waals surface area contributed by atoms with Crippen molar-refractivity contribution >= 4 is 17.3 Å². The van der Waals surface area contributed by atoms with Gasteiger partial charge in [-0.3, -0.25) is 4.79 Å². The van der Waals surface area contributed by atoms with E-state index in [9.17, 15) is 9.90 Å². The van der Waals surface area contributed by atoms with E-state index in [-0.39, 0.29) is 11.7 Å². The molecule has 0 aromatic heterocycles. The van der Waals surface area contributed by atoms with E-state index in [0.717, 1.165) is 18.7 Å². The number of hydrogen-bond donors (Lipinski definition) is 2. The second-order valence-corrected chi connectivity index (χ2v) is 5.35. The van der Waals surface area contributed by atoms with Gasteiger partial charge in [-0.25, -0.2) is 0 Å². The summed E-state index contributed by atoms with van der Waals surface area (Å²) in [6, 6.07) is 10.4. The number of carbonyl (C=O) groups excluding carboxylic acids is 1. The third kappa shape index (κ3) is 2.57. The van der Waals surface area contributed by atoms with Crippen LogP contribution in [0.15, 0.2) is 36.4 Å². The Balaban J connectivity index is 1.85. The summed E-state index contributed by atoms with van der Waals surface area (Å²) in [6.07, 6.45) is 1.00. The topological polar surface area (TPSA) is 61.8 Å². The average Bonchev–Trinajstić information content (AvgIpc) is 2.90. The molecule has 1 aliphatic heterocycles. The molecule has 1 aliphatic rings. The highest BCUT2D eigenvalue weighted by atomic mass is 16.5. The molecular formula is C17H18N2O3. The van der Waals surface area contributed by atoms with Crippen molar-refractivity contribution in [2.75, 3.05) is 30.9 Å². The first kappa shape index (κ1) is 14.3. The van der Waals surface area contributed by atoms with Gasteiger partial charge in [0, 0.05) is 30.9 Å². The number of likely N-dealkylation sites (N-methyl/N-ethyl adjacent to an activating group) is 1. The highest BCUT2D eigenvalue weighted by molar-refractivity contribution is 6.05. The van der Waals surface area contributed by atoms with E-state index in [4.69, 9.17) is 4.74 Å². The van der Waals surface area contributed by atoms with Gasteiger partial charge in [-0.05, 0) is 36.2 Å². The zero-order valence-electron chi connectivity index (χ0n) is 12.6. The van der Waals surface area contributed by atoms with Crippen LogP contribution in [0.5, 0.6) is 11.5 Å². The number of phenols is 1. The zero-order chi connectivity index (χ0) is 15.7. The van der Waals surface area contributed by atoms with E-state index in [1.54, 1.807) is 12.1 Å². The van der Waals surface area contributed by atoms with Gasteiger partial charge in [-0.15, -0.1) is 0 Å². The highest BCUT2D eigenvalue weighted by Crippen LogP contribution is 2.30. The molecule has 1 heterocycles. The molecule has 0 bridgehead atoms. The standard InChI is InChI=1S/C17H18N2O3/c1-19-8-7-11-3-4-12(9-15(11)19)17(21)18-14-10-13(22-2)5-6-16(14)20/h3-6,9-10,20H,7-8H2,1-2H3,(H,18,21). The molecule has 0 saturated heterocycles. The summed E-state index contributed by atoms with van der Waals surface area (Å²) in [4.78, 5) is 14.5. The molecule has 2 N–H and O–H groups in total. The van der Waals surface area contributed by atoms with Crippen LogP contribution < -0.4 is 15.0 Å². The minimum Gasteiger partial charge on any atom is -0.506 e. The van der Waals surface area contributed by atoms with Gasteiger partial charge in [0.05, 0.1) is 12.8 Å². The fourth-order valence-electron chi connectivity index (χ4n) is 2.62. The molecule has 0 spiro atoms. The van der Waals surface area contributed by atoms with Crippen LogP contribution in [-0.2, 0) is 6.42 Å². The second-order valence-electron chi connectivity index (χ2n) is 5.35. The Labute approximate surface area is 129 Å². The molecule has 0 aliphatic carbocycles. The molecule has 0 unspecified atom stereocenters. The fraction of sp³-hybridized carbons (Fsp3) is 0.235. The molecule has 0 radical (unpaired) electrons. The van der Waals surface area contributed by atoms with Crippen molar-refractivity contribution in [3.05, 3.63) is 47.5 Å². The van der Waals surface area contributed by atoms with E-state index in [1.807, 2.05) is 25.2 Å². The van der Waals surface area contributed by atoms with E-state index < -0.39 is 0 Å². The predicted molar refractivity (Wildman–Crippen MR) is 86.0 cm³/mol. The van der Waals surface area contributed by atoms with Gasteiger partial charge in [0.1, 0.15) is 11.5 Å². The van der Waals surface area contributed by atoms with Crippen LogP contribution in [-0.4, -0.2) is 31.7 Å². The molecular weight excluding hydrogens is 280 g/mol. The number of phenolic OH excluding ortho intramolecular Hbond substituents is 1. The minimum atomic E-state index is -0.258. The number of methoxy groups -OCH3 is 1. The summed E-state index contributed by atoms with van der Waals surface area (Å²) in [7, 11) is 3.55. The molecule has 5 heteroatoms. The van der Waals surface area contributed by atoms with E-state index in [2.05, 4.69) is 10.2 Å². The van der Waals surface area contributed by atoms with Crippen LogP contribution in [0.3, 0.4) is 0 Å². The van der Waals surface area contributed by atoms with Gasteiger partial charge in [0.15, 0.2) is 0 Å². The van der Waals surface area contributed by atoms with Crippen LogP contribution in [0.1, 0.15) is 15.9 Å². The Morgan fingerprint density at radius 3 is 2.86 bits per heavy atom. The number of anilines is 2. The lowest BCUT2D eigenvalue weighted by Crippen LogP contribution is -2.15. The number of aromatic hydroxyl groups is 1. The van der Waals surface area contributed by atoms with E-state index in [1.165, 1.54) is 18.7 Å². The number of benzene rings is 2. The largest absolute Gasteiger partial charge is 0.506 e. The Morgan fingerprint density at radius 2 is 2.09 bits per heavy atom. The van der Waals surface area contributed by atoms with Gasteiger partial charge in [0.2, 0.25) is 0 Å². The summed E-state index contributed by atoms with van der Waals surface area (Å²) in [5.41, 5.74) is 3.23. The number of nitrogens with one attached hydrogen (secondary N) is 1. The molecule has 0 fully saturated rings. The van der Waals surface area contributed by atoms with Gasteiger partial charge in [-0.2, -0.15) is 0 Å². The first-order chi connectivity index (χ1) is 10.6. The average molecular weight is 298 g/mol. The lowest BCUT2D eigenvalue weighted by atomic mass is 10.1. The second kappa shape index (κ2) is 5.60. The Morgan fingerprint density at radius 1 is 1.27 bits per heavy atom. The Kier molecular flexibility index (Phi) is 3.63. The molecule has 3 rings (SSSR count). The number of nitrogens with zero attached hydrogens (tertiary/aromatic N) is 1. The smallest absolute Gasteiger partial charge is 0.255 e. The molecule has 1 amide bonds. The van der Waals surface area contributed by atoms with Crippen molar-refractivity contribution in [3.8, 4) is 11.5 Å². The summed E-state index contributed by atoms with van der Waals surface area (Å²) < 4.78 is 5.10. The Bertz CT molecular complexity index is 728. The van der Waals surface area contributed by atoms with Crippen LogP contribution in [0.25, 0.3) is 0 Å². The third-order valence-corrected chi connectivity index (χ3v) is 3.93.